The topological polar surface area (TPSA) is 105 Å². The Hall–Kier alpha value is -0.760. The van der Waals surface area contributed by atoms with Crippen molar-refractivity contribution < 1.29 is 47.2 Å². The van der Waals surface area contributed by atoms with E-state index in [2.05, 4.69) is 16.7 Å². The molecule has 0 rings (SSSR count). The van der Waals surface area contributed by atoms with Crippen LogP contribution in [0.4, 0.5) is 0 Å². The normalized spacial score (nSPS) is 18.9. The van der Waals surface area contributed by atoms with Crippen LogP contribution in [0.5, 0.6) is 0 Å². The van der Waals surface area contributed by atoms with Crippen molar-refractivity contribution >= 4 is 13.8 Å². The Morgan fingerprint density at radius 3 is 2.23 bits per heavy atom. The van der Waals surface area contributed by atoms with Crippen LogP contribution in [-0.4, -0.2) is 69.2 Å². The second kappa shape index (κ2) is 21.3. The van der Waals surface area contributed by atoms with Crippen molar-refractivity contribution in [3.63, 3.8) is 0 Å². The fourth-order valence-corrected chi connectivity index (χ4v) is 3.70. The number of ether oxygens (including phenoxy) is 1. The smallest absolute Gasteiger partial charge is 0.305 e. The number of quaternary nitrogens is 1. The maximum atomic E-state index is 11.8. The van der Waals surface area contributed by atoms with E-state index >= 15 is 0 Å². The van der Waals surface area contributed by atoms with Crippen molar-refractivity contribution in [2.45, 2.75) is 103 Å². The van der Waals surface area contributed by atoms with Gasteiger partial charge in [0, 0.05) is 16.0 Å². The highest BCUT2D eigenvalue weighted by Gasteiger charge is 2.16. The Morgan fingerprint density at radius 2 is 1.60 bits per heavy atom. The third-order valence-electron chi connectivity index (χ3n) is 5.05. The van der Waals surface area contributed by atoms with Gasteiger partial charge >= 0.3 is 5.97 Å². The van der Waals surface area contributed by atoms with E-state index < -0.39 is 46.1 Å². The van der Waals surface area contributed by atoms with Gasteiger partial charge < -0.3 is 28.3 Å². The minimum Gasteiger partial charge on any atom is -0.756 e. The van der Waals surface area contributed by atoms with Crippen molar-refractivity contribution in [1.29, 1.82) is 0 Å². The maximum Gasteiger partial charge on any atom is 0.305 e. The number of rotatable bonds is 24. The number of aliphatic hydroxyl groups is 1. The van der Waals surface area contributed by atoms with Crippen LogP contribution in [0.3, 0.4) is 0 Å². The zero-order valence-electron chi connectivity index (χ0n) is 28.8. The molecular weight excluding hydrogens is 469 g/mol. The van der Waals surface area contributed by atoms with Gasteiger partial charge in [0.25, 0.3) is 7.82 Å². The summed E-state index contributed by atoms with van der Waals surface area (Å²) in [5.41, 5.74) is 0. The molecule has 9 heteroatoms. The molecule has 0 amide bonds. The van der Waals surface area contributed by atoms with Gasteiger partial charge in [-0.1, -0.05) is 70.3 Å². The number of hydrogen-bond donors (Lipinski definition) is 1. The Kier molecular flexibility index (Phi) is 14.2. The van der Waals surface area contributed by atoms with Crippen LogP contribution < -0.4 is 4.89 Å². The first-order valence-corrected chi connectivity index (χ1v) is 14.1. The number of allylic oxidation sites excluding steroid dienone is 2. The van der Waals surface area contributed by atoms with Gasteiger partial charge in [-0.15, -0.1) is 0 Å². The largest absolute Gasteiger partial charge is 0.756 e. The van der Waals surface area contributed by atoms with Gasteiger partial charge in [0.2, 0.25) is 0 Å². The summed E-state index contributed by atoms with van der Waals surface area (Å²) in [6, 6.07) is 0. The molecule has 0 bridgehead atoms. The first-order valence-electron chi connectivity index (χ1n) is 16.1. The van der Waals surface area contributed by atoms with Gasteiger partial charge in [-0.2, -0.15) is 0 Å². The van der Waals surface area contributed by atoms with Gasteiger partial charge in [0.05, 0.1) is 27.7 Å². The standard InChI is InChI=1S/C26H52NO7P/c1-5-6-7-8-9-10-11-12-13-14-15-16-17-18-19-20-26(29)32-23-25(28)24-34-35(30,31)33-22-21-27(2,3)4/h12-13,25,28H,5-11,14-24H2,1-4H3/b13-12-/i1D3,5D2,6D2. The summed E-state index contributed by atoms with van der Waals surface area (Å²) < 4.78 is 79.1. The van der Waals surface area contributed by atoms with Crippen LogP contribution in [0, 0.1) is 0 Å². The van der Waals surface area contributed by atoms with Crippen LogP contribution in [-0.2, 0) is 23.1 Å². The van der Waals surface area contributed by atoms with E-state index in [1.807, 2.05) is 21.1 Å². The van der Waals surface area contributed by atoms with E-state index in [0.29, 0.717) is 30.3 Å². The second-order valence-electron chi connectivity index (χ2n) is 9.61. The Balaban J connectivity index is 3.76. The predicted molar refractivity (Wildman–Crippen MR) is 139 cm³/mol. The molecular formula is C26H52NO7P. The van der Waals surface area contributed by atoms with Crippen LogP contribution in [0.2, 0.25) is 0 Å². The highest BCUT2D eigenvalue weighted by Crippen LogP contribution is 2.38. The molecule has 0 radical (unpaired) electrons. The quantitative estimate of drug-likeness (QED) is 0.0608. The van der Waals surface area contributed by atoms with Crippen molar-refractivity contribution in [1.82, 2.24) is 0 Å². The summed E-state index contributed by atoms with van der Waals surface area (Å²) in [7, 11) is 1.13. The summed E-state index contributed by atoms with van der Waals surface area (Å²) in [5.74, 6) is -0.464. The lowest BCUT2D eigenvalue weighted by atomic mass is 10.1. The van der Waals surface area contributed by atoms with Crippen LogP contribution in [0.25, 0.3) is 0 Å². The summed E-state index contributed by atoms with van der Waals surface area (Å²) in [6.45, 7) is -3.49. The highest BCUT2D eigenvalue weighted by atomic mass is 31.2. The number of nitrogens with zero attached hydrogens (tertiary/aromatic N) is 1. The third-order valence-corrected chi connectivity index (χ3v) is 6.02. The van der Waals surface area contributed by atoms with Crippen molar-refractivity contribution in [3.05, 3.63) is 12.2 Å². The molecule has 0 aliphatic rings. The molecule has 0 saturated carbocycles. The van der Waals surface area contributed by atoms with Gasteiger partial charge in [0.1, 0.15) is 25.9 Å². The van der Waals surface area contributed by atoms with Gasteiger partial charge in [-0.05, 0) is 32.1 Å². The number of phosphoric acid groups is 1. The molecule has 0 spiro atoms. The molecule has 0 heterocycles. The first-order chi connectivity index (χ1) is 19.2. The molecule has 0 fully saturated rings. The van der Waals surface area contributed by atoms with Gasteiger partial charge in [0.15, 0.2) is 0 Å². The predicted octanol–water partition coefficient (Wildman–Crippen LogP) is 5.14. The van der Waals surface area contributed by atoms with E-state index in [1.165, 1.54) is 0 Å². The molecule has 2 atom stereocenters. The van der Waals surface area contributed by atoms with Crippen molar-refractivity contribution in [3.8, 4) is 0 Å². The number of esters is 1. The second-order valence-corrected chi connectivity index (χ2v) is 11.0. The lowest BCUT2D eigenvalue weighted by Crippen LogP contribution is -2.37. The van der Waals surface area contributed by atoms with E-state index in [1.54, 1.807) is 0 Å². The zero-order valence-corrected chi connectivity index (χ0v) is 22.7. The molecule has 35 heavy (non-hydrogen) atoms. The minimum absolute atomic E-state index is 0.0426. The Labute approximate surface area is 224 Å². The third kappa shape index (κ3) is 26.1. The zero-order chi connectivity index (χ0) is 32.5. The van der Waals surface area contributed by atoms with Crippen LogP contribution >= 0.6 is 7.82 Å². The number of aliphatic hydroxyl groups excluding tert-OH is 1. The van der Waals surface area contributed by atoms with Crippen molar-refractivity contribution in [2.24, 2.45) is 0 Å². The summed E-state index contributed by atoms with van der Waals surface area (Å²) >= 11 is 0. The van der Waals surface area contributed by atoms with Crippen LogP contribution in [0.15, 0.2) is 12.2 Å². The Bertz CT molecular complexity index is 837. The lowest BCUT2D eigenvalue weighted by Gasteiger charge is -2.27. The molecule has 0 saturated heterocycles. The molecule has 0 aromatic carbocycles. The number of carbonyl (C=O) groups excluding carboxylic acids is 1. The van der Waals surface area contributed by atoms with E-state index in [4.69, 9.17) is 18.9 Å². The monoisotopic (exact) mass is 528 g/mol. The van der Waals surface area contributed by atoms with E-state index in [9.17, 15) is 19.4 Å². The molecule has 2 unspecified atom stereocenters. The van der Waals surface area contributed by atoms with Crippen molar-refractivity contribution in [2.75, 3.05) is 47.5 Å². The van der Waals surface area contributed by atoms with E-state index in [0.717, 1.165) is 44.9 Å². The molecule has 0 aromatic rings. The van der Waals surface area contributed by atoms with Gasteiger partial charge in [-0.3, -0.25) is 9.36 Å². The molecule has 208 valence electrons. The summed E-state index contributed by atoms with van der Waals surface area (Å²) in [4.78, 5) is 23.5. The summed E-state index contributed by atoms with van der Waals surface area (Å²) in [6.07, 6.45) is 5.93. The number of phosphoric ester groups is 1. The SMILES string of the molecule is [2H]C([2H])([2H])C([2H])([2H])C([2H])([2H])CCCCC/C=C\CCCCCCCC(=O)OCC(O)COP(=O)([O-])OCC[N+](C)(C)C. The average Bonchev–Trinajstić information content (AvgIpc) is 2.84. The lowest BCUT2D eigenvalue weighted by molar-refractivity contribution is -0.870. The number of hydrogen-bond acceptors (Lipinski definition) is 7. The number of likely N-dealkylation sites (N-methyl/N-ethyl adjacent to an activating group) is 1. The minimum atomic E-state index is -4.54. The molecule has 0 aromatic heterocycles. The van der Waals surface area contributed by atoms with Crippen LogP contribution in [0.1, 0.15) is 106 Å². The van der Waals surface area contributed by atoms with E-state index in [-0.39, 0.29) is 26.1 Å². The number of carbonyl (C=O) groups is 1. The molecule has 0 aliphatic carbocycles. The highest BCUT2D eigenvalue weighted by molar-refractivity contribution is 7.45. The Morgan fingerprint density at radius 1 is 1.00 bits per heavy atom. The van der Waals surface area contributed by atoms with Gasteiger partial charge in [-0.25, -0.2) is 0 Å². The summed E-state index contributed by atoms with van der Waals surface area (Å²) in [5, 5.41) is 9.81. The molecule has 0 aliphatic heterocycles. The average molecular weight is 529 g/mol. The maximum absolute atomic E-state index is 11.8. The molecule has 1 N–H and O–H groups in total. The number of unbranched alkanes of at least 4 members (excludes halogenated alkanes) is 8. The fraction of sp³-hybridized carbons (Fsp3) is 0.885. The molecule has 8 nitrogen and oxygen atoms in total. The first kappa shape index (κ1) is 23.4. The fourth-order valence-electron chi connectivity index (χ4n) is 2.96.